The first-order valence-corrected chi connectivity index (χ1v) is 14.9. The van der Waals surface area contributed by atoms with Gasteiger partial charge in [-0.1, -0.05) is 50.4 Å². The fourth-order valence-electron chi connectivity index (χ4n) is 4.38. The summed E-state index contributed by atoms with van der Waals surface area (Å²) in [5.74, 6) is 1.38. The first-order chi connectivity index (χ1) is 18.9. The molecule has 1 amide bonds. The van der Waals surface area contributed by atoms with Gasteiger partial charge in [0.25, 0.3) is 5.91 Å². The van der Waals surface area contributed by atoms with Crippen LogP contribution in [-0.4, -0.2) is 70.8 Å². The number of aromatic nitrogens is 2. The van der Waals surface area contributed by atoms with Crippen LogP contribution in [0.2, 0.25) is 0 Å². The van der Waals surface area contributed by atoms with Crippen LogP contribution in [0.3, 0.4) is 0 Å². The number of esters is 1. The average Bonchev–Trinajstić information content (AvgIpc) is 3.59. The Morgan fingerprint density at radius 1 is 1.20 bits per heavy atom. The van der Waals surface area contributed by atoms with Crippen molar-refractivity contribution in [3.8, 4) is 5.75 Å². The third-order valence-corrected chi connectivity index (χ3v) is 9.06. The smallest absolute Gasteiger partial charge is 0.316 e. The number of nitrogens with zero attached hydrogens (tertiary/aromatic N) is 2. The molecule has 2 heterocycles. The molecule has 1 aromatic heterocycles. The lowest BCUT2D eigenvalue weighted by Crippen LogP contribution is -2.32. The van der Waals surface area contributed by atoms with Crippen molar-refractivity contribution in [1.82, 2.24) is 15.3 Å². The van der Waals surface area contributed by atoms with Gasteiger partial charge in [0.15, 0.2) is 5.16 Å². The molecule has 0 spiro atoms. The number of fused-ring (bicyclic) bond motifs is 3. The van der Waals surface area contributed by atoms with Gasteiger partial charge in [-0.15, -0.1) is 0 Å². The molecule has 2 atom stereocenters. The van der Waals surface area contributed by atoms with Crippen molar-refractivity contribution in [2.45, 2.75) is 61.4 Å². The van der Waals surface area contributed by atoms with E-state index in [0.29, 0.717) is 41.0 Å². The number of allylic oxidation sites excluding steroid dienone is 1. The van der Waals surface area contributed by atoms with Gasteiger partial charge in [0, 0.05) is 34.9 Å². The summed E-state index contributed by atoms with van der Waals surface area (Å²) in [6.45, 7) is 8.76. The molecule has 218 valence electrons. The number of ether oxygens (including phenoxy) is 2. The largest absolute Gasteiger partial charge is 0.497 e. The minimum atomic E-state index is -0.327. The summed E-state index contributed by atoms with van der Waals surface area (Å²) in [5, 5.41) is 16.2. The lowest BCUT2D eigenvalue weighted by Gasteiger charge is -2.14. The molecule has 10 nitrogen and oxygen atoms in total. The molecule has 1 aliphatic heterocycles. The summed E-state index contributed by atoms with van der Waals surface area (Å²) in [5.41, 5.74) is 2.22. The number of amides is 1. The monoisotopic (exact) mass is 589 g/mol. The summed E-state index contributed by atoms with van der Waals surface area (Å²) < 4.78 is 10.1. The highest BCUT2D eigenvalue weighted by atomic mass is 32.2. The fourth-order valence-corrected chi connectivity index (χ4v) is 6.63. The van der Waals surface area contributed by atoms with E-state index in [1.54, 1.807) is 56.1 Å². The predicted octanol–water partition coefficient (Wildman–Crippen LogP) is 4.24. The normalized spacial score (nSPS) is 18.1. The van der Waals surface area contributed by atoms with Gasteiger partial charge >= 0.3 is 5.97 Å². The van der Waals surface area contributed by atoms with Crippen LogP contribution in [0.1, 0.15) is 57.6 Å². The van der Waals surface area contributed by atoms with Crippen LogP contribution >= 0.6 is 23.5 Å². The topological polar surface area (TPSA) is 158 Å². The van der Waals surface area contributed by atoms with Gasteiger partial charge in [0.05, 0.1) is 31.3 Å². The van der Waals surface area contributed by atoms with Gasteiger partial charge in [0.2, 0.25) is 0 Å². The Morgan fingerprint density at radius 3 is 2.50 bits per heavy atom. The summed E-state index contributed by atoms with van der Waals surface area (Å²) in [6, 6.07) is 7.05. The number of nitrogens with one attached hydrogen (secondary N) is 3. The van der Waals surface area contributed by atoms with Gasteiger partial charge in [-0.3, -0.25) is 15.0 Å². The van der Waals surface area contributed by atoms with Gasteiger partial charge < -0.3 is 25.6 Å². The van der Waals surface area contributed by atoms with E-state index in [2.05, 4.69) is 17.6 Å². The van der Waals surface area contributed by atoms with Crippen LogP contribution < -0.4 is 15.4 Å². The molecule has 40 heavy (non-hydrogen) atoms. The van der Waals surface area contributed by atoms with Crippen molar-refractivity contribution in [2.75, 3.05) is 38.4 Å². The van der Waals surface area contributed by atoms with E-state index in [9.17, 15) is 9.59 Å². The number of thioether (sulfide) groups is 2. The van der Waals surface area contributed by atoms with Crippen molar-refractivity contribution < 1.29 is 24.5 Å². The van der Waals surface area contributed by atoms with E-state index in [1.807, 2.05) is 13.8 Å². The maximum absolute atomic E-state index is 12.8. The lowest BCUT2D eigenvalue weighted by molar-refractivity contribution is -0.137. The van der Waals surface area contributed by atoms with Crippen LogP contribution in [0, 0.1) is 5.41 Å². The molecule has 0 bridgehead atoms. The van der Waals surface area contributed by atoms with Gasteiger partial charge in [-0.05, 0) is 44.0 Å². The molecule has 2 unspecified atom stereocenters. The molecule has 2 aliphatic rings. The molecule has 2 aromatic rings. The predicted molar refractivity (Wildman–Crippen MR) is 161 cm³/mol. The molecule has 1 saturated carbocycles. The van der Waals surface area contributed by atoms with Crippen molar-refractivity contribution in [1.29, 1.82) is 5.41 Å². The third kappa shape index (κ3) is 7.35. The second-order valence-electron chi connectivity index (χ2n) is 8.70. The Balaban J connectivity index is 0.00000183. The zero-order chi connectivity index (χ0) is 28.6. The number of carbonyl (C=O) groups is 2. The molecule has 0 radical (unpaired) electrons. The maximum Gasteiger partial charge on any atom is 0.316 e. The van der Waals surface area contributed by atoms with E-state index in [-0.39, 0.29) is 33.6 Å². The van der Waals surface area contributed by atoms with E-state index in [1.165, 1.54) is 18.9 Å². The Labute approximate surface area is 244 Å². The highest BCUT2D eigenvalue weighted by Gasteiger charge is 2.61. The zero-order valence-corrected chi connectivity index (χ0v) is 25.5. The second kappa shape index (κ2) is 15.1. The third-order valence-electron chi connectivity index (χ3n) is 6.59. The van der Waals surface area contributed by atoms with Crippen molar-refractivity contribution in [3.05, 3.63) is 47.0 Å². The molecule has 0 saturated heterocycles. The Bertz CT molecular complexity index is 1240. The quantitative estimate of drug-likeness (QED) is 0.0626. The number of hydrogen-bond acceptors (Lipinski definition) is 10. The number of rotatable bonds is 12. The number of methoxy groups -OCH3 is 2. The first-order valence-electron chi connectivity index (χ1n) is 13.1. The summed E-state index contributed by atoms with van der Waals surface area (Å²) in [4.78, 5) is 33.8. The highest BCUT2D eigenvalue weighted by molar-refractivity contribution is 8.01. The number of anilines is 1. The van der Waals surface area contributed by atoms with Gasteiger partial charge in [-0.2, -0.15) is 0 Å². The van der Waals surface area contributed by atoms with E-state index in [4.69, 9.17) is 24.9 Å². The fraction of sp³-hybridized carbons (Fsp3) is 0.464. The zero-order valence-electron chi connectivity index (χ0n) is 23.8. The van der Waals surface area contributed by atoms with Crippen LogP contribution in [0.4, 0.5) is 5.82 Å². The minimum absolute atomic E-state index is 0. The van der Waals surface area contributed by atoms with Gasteiger partial charge in [0.1, 0.15) is 16.6 Å². The molecule has 4 rings (SSSR count). The standard InChI is InChI=1S/C26H31N5O4S2.C2H6.H2O/c1-5-17(21(27)15-7-9-16(34-3)10-8-15)23(33)29-12-11-28-22-20-18-13-26(18,6-2)37-24(20)31-25(30-22)36-14-19(32)35-4;1-2;/h5,7-10,18,27H,6,11-14H2,1-4H3,(H,29,33)(H,28,30,31);1-2H3;1H2/b17-5-,27-21?;;. The number of carbonyl (C=O) groups excluding carboxylic acids is 2. The molecule has 1 aliphatic carbocycles. The molecule has 1 fully saturated rings. The number of benzene rings is 1. The molecular formula is C28H39N5O5S2. The van der Waals surface area contributed by atoms with Gasteiger partial charge in [-0.25, -0.2) is 9.97 Å². The van der Waals surface area contributed by atoms with Crippen LogP contribution in [0.25, 0.3) is 0 Å². The average molecular weight is 590 g/mol. The van der Waals surface area contributed by atoms with Crippen LogP contribution in [0.15, 0.2) is 46.1 Å². The first kappa shape index (κ1) is 33.1. The van der Waals surface area contributed by atoms with Crippen molar-refractivity contribution in [3.63, 3.8) is 0 Å². The van der Waals surface area contributed by atoms with E-state index in [0.717, 1.165) is 29.2 Å². The summed E-state index contributed by atoms with van der Waals surface area (Å²) in [7, 11) is 2.94. The Kier molecular flexibility index (Phi) is 12.5. The molecular weight excluding hydrogens is 550 g/mol. The van der Waals surface area contributed by atoms with Crippen molar-refractivity contribution >= 4 is 46.9 Å². The Hall–Kier alpha value is -3.09. The van der Waals surface area contributed by atoms with Crippen LogP contribution in [0.5, 0.6) is 5.75 Å². The van der Waals surface area contributed by atoms with Crippen LogP contribution in [-0.2, 0) is 14.3 Å². The minimum Gasteiger partial charge on any atom is -0.497 e. The highest BCUT2D eigenvalue weighted by Crippen LogP contribution is 2.71. The molecule has 5 N–H and O–H groups in total. The van der Waals surface area contributed by atoms with E-state index >= 15 is 0 Å². The molecule has 12 heteroatoms. The van der Waals surface area contributed by atoms with Crippen molar-refractivity contribution in [2.24, 2.45) is 0 Å². The van der Waals surface area contributed by atoms with E-state index < -0.39 is 0 Å². The summed E-state index contributed by atoms with van der Waals surface area (Å²) >= 11 is 3.06. The maximum atomic E-state index is 12.8. The summed E-state index contributed by atoms with van der Waals surface area (Å²) in [6.07, 6.45) is 3.82. The SMILES string of the molecule is C/C=C(/C(=N)c1ccc(OC)cc1)C(=O)NCCNc1nc(SCC(=O)OC)nc2c1C1CC1(CC)S2.CC.O. The molecule has 1 aromatic carbocycles. The number of hydrogen-bond donors (Lipinski definition) is 3. The second-order valence-corrected chi connectivity index (χ2v) is 11.1. The lowest BCUT2D eigenvalue weighted by atomic mass is 10.0. The Morgan fingerprint density at radius 2 is 1.90 bits per heavy atom.